The normalized spacial score (nSPS) is 10.2. The largest absolute Gasteiger partial charge is 0.320 e. The third kappa shape index (κ3) is 3.20. The van der Waals surface area contributed by atoms with Crippen LogP contribution in [0.5, 0.6) is 0 Å². The SMILES string of the molecule is CNCCCc1ccnc(Cl)c1. The lowest BCUT2D eigenvalue weighted by Gasteiger charge is -2.00. The maximum Gasteiger partial charge on any atom is 0.129 e. The zero-order chi connectivity index (χ0) is 8.81. The Balaban J connectivity index is 2.41. The van der Waals surface area contributed by atoms with Crippen LogP contribution in [0.3, 0.4) is 0 Å². The predicted molar refractivity (Wildman–Crippen MR) is 51.5 cm³/mol. The molecule has 1 rings (SSSR count). The maximum absolute atomic E-state index is 5.73. The van der Waals surface area contributed by atoms with Gasteiger partial charge in [0, 0.05) is 6.20 Å². The van der Waals surface area contributed by atoms with Crippen molar-refractivity contribution >= 4 is 11.6 Å². The summed E-state index contributed by atoms with van der Waals surface area (Å²) in [6, 6.07) is 3.92. The molecule has 1 N–H and O–H groups in total. The molecule has 2 nitrogen and oxygen atoms in total. The quantitative estimate of drug-likeness (QED) is 0.571. The Hall–Kier alpha value is -0.600. The molecule has 0 aliphatic heterocycles. The van der Waals surface area contributed by atoms with Crippen LogP contribution in [0.15, 0.2) is 18.3 Å². The molecule has 0 atom stereocenters. The number of aromatic nitrogens is 1. The van der Waals surface area contributed by atoms with Crippen LogP contribution >= 0.6 is 11.6 Å². The van der Waals surface area contributed by atoms with Crippen LogP contribution in [0.4, 0.5) is 0 Å². The number of nitrogens with zero attached hydrogens (tertiary/aromatic N) is 1. The summed E-state index contributed by atoms with van der Waals surface area (Å²) in [6.45, 7) is 1.04. The van der Waals surface area contributed by atoms with Gasteiger partial charge in [0.1, 0.15) is 5.15 Å². The van der Waals surface area contributed by atoms with Gasteiger partial charge in [0.2, 0.25) is 0 Å². The molecular formula is C9H13ClN2. The van der Waals surface area contributed by atoms with Gasteiger partial charge in [0.15, 0.2) is 0 Å². The van der Waals surface area contributed by atoms with Gasteiger partial charge < -0.3 is 5.32 Å². The molecule has 0 bridgehead atoms. The first-order valence-electron chi connectivity index (χ1n) is 4.08. The molecule has 0 amide bonds. The smallest absolute Gasteiger partial charge is 0.129 e. The van der Waals surface area contributed by atoms with Crippen molar-refractivity contribution in [1.82, 2.24) is 10.3 Å². The van der Waals surface area contributed by atoms with E-state index in [-0.39, 0.29) is 0 Å². The van der Waals surface area contributed by atoms with Gasteiger partial charge in [0.05, 0.1) is 0 Å². The van der Waals surface area contributed by atoms with Gasteiger partial charge in [-0.15, -0.1) is 0 Å². The third-order valence-corrected chi connectivity index (χ3v) is 1.89. The fourth-order valence-corrected chi connectivity index (χ4v) is 1.26. The summed E-state index contributed by atoms with van der Waals surface area (Å²) in [5, 5.41) is 3.68. The van der Waals surface area contributed by atoms with Crippen molar-refractivity contribution in [2.75, 3.05) is 13.6 Å². The van der Waals surface area contributed by atoms with Gasteiger partial charge >= 0.3 is 0 Å². The van der Waals surface area contributed by atoms with Crippen LogP contribution in [0.25, 0.3) is 0 Å². The van der Waals surface area contributed by atoms with Crippen LogP contribution in [0.2, 0.25) is 5.15 Å². The molecule has 0 saturated heterocycles. The summed E-state index contributed by atoms with van der Waals surface area (Å²) in [6.07, 6.45) is 3.94. The lowest BCUT2D eigenvalue weighted by atomic mass is 10.1. The van der Waals surface area contributed by atoms with Crippen molar-refractivity contribution in [2.24, 2.45) is 0 Å². The number of halogens is 1. The monoisotopic (exact) mass is 184 g/mol. The Bertz CT molecular complexity index is 238. The van der Waals surface area contributed by atoms with E-state index >= 15 is 0 Å². The highest BCUT2D eigenvalue weighted by Gasteiger charge is 1.93. The van der Waals surface area contributed by atoms with Crippen molar-refractivity contribution in [2.45, 2.75) is 12.8 Å². The van der Waals surface area contributed by atoms with E-state index in [0.717, 1.165) is 19.4 Å². The molecule has 66 valence electrons. The Morgan fingerprint density at radius 1 is 1.58 bits per heavy atom. The molecule has 0 aliphatic rings. The van der Waals surface area contributed by atoms with Crippen molar-refractivity contribution in [3.63, 3.8) is 0 Å². The second-order valence-electron chi connectivity index (χ2n) is 2.69. The van der Waals surface area contributed by atoms with Crippen molar-refractivity contribution in [3.05, 3.63) is 29.0 Å². The van der Waals surface area contributed by atoms with Crippen LogP contribution in [-0.2, 0) is 6.42 Å². The summed E-state index contributed by atoms with van der Waals surface area (Å²) < 4.78 is 0. The van der Waals surface area contributed by atoms with Crippen molar-refractivity contribution < 1.29 is 0 Å². The Morgan fingerprint density at radius 3 is 3.08 bits per heavy atom. The molecule has 1 heterocycles. The number of rotatable bonds is 4. The van der Waals surface area contributed by atoms with E-state index in [9.17, 15) is 0 Å². The van der Waals surface area contributed by atoms with E-state index in [4.69, 9.17) is 11.6 Å². The predicted octanol–water partition coefficient (Wildman–Crippen LogP) is 1.89. The maximum atomic E-state index is 5.73. The summed E-state index contributed by atoms with van der Waals surface area (Å²) >= 11 is 5.73. The molecule has 0 spiro atoms. The number of pyridine rings is 1. The molecule has 0 aromatic carbocycles. The molecule has 12 heavy (non-hydrogen) atoms. The average Bonchev–Trinajstić information content (AvgIpc) is 2.05. The van der Waals surface area contributed by atoms with Gasteiger partial charge in [-0.3, -0.25) is 0 Å². The van der Waals surface area contributed by atoms with E-state index in [1.807, 2.05) is 19.2 Å². The highest BCUT2D eigenvalue weighted by atomic mass is 35.5. The summed E-state index contributed by atoms with van der Waals surface area (Å²) in [7, 11) is 1.96. The van der Waals surface area contributed by atoms with E-state index in [2.05, 4.69) is 10.3 Å². The standard InChI is InChI=1S/C9H13ClN2/c1-11-5-2-3-8-4-6-12-9(10)7-8/h4,6-7,11H,2-3,5H2,1H3. The molecule has 0 radical (unpaired) electrons. The van der Waals surface area contributed by atoms with Gasteiger partial charge in [-0.05, 0) is 44.1 Å². The molecule has 0 fully saturated rings. The summed E-state index contributed by atoms with van der Waals surface area (Å²) in [4.78, 5) is 3.92. The molecule has 1 aromatic rings. The minimum absolute atomic E-state index is 0.581. The van der Waals surface area contributed by atoms with Crippen molar-refractivity contribution in [3.8, 4) is 0 Å². The molecule has 0 aliphatic carbocycles. The molecule has 1 aromatic heterocycles. The van der Waals surface area contributed by atoms with Crippen LogP contribution in [0.1, 0.15) is 12.0 Å². The highest BCUT2D eigenvalue weighted by molar-refractivity contribution is 6.29. The number of aryl methyl sites for hydroxylation is 1. The highest BCUT2D eigenvalue weighted by Crippen LogP contribution is 2.08. The van der Waals surface area contributed by atoms with Gasteiger partial charge in [-0.2, -0.15) is 0 Å². The molecule has 3 heteroatoms. The van der Waals surface area contributed by atoms with Crippen molar-refractivity contribution in [1.29, 1.82) is 0 Å². The van der Waals surface area contributed by atoms with E-state index in [0.29, 0.717) is 5.15 Å². The number of hydrogen-bond acceptors (Lipinski definition) is 2. The molecule has 0 saturated carbocycles. The zero-order valence-corrected chi connectivity index (χ0v) is 7.93. The van der Waals surface area contributed by atoms with E-state index in [1.54, 1.807) is 6.20 Å². The first kappa shape index (κ1) is 9.49. The fourth-order valence-electron chi connectivity index (χ4n) is 1.07. The van der Waals surface area contributed by atoms with E-state index < -0.39 is 0 Å². The minimum atomic E-state index is 0.581. The lowest BCUT2D eigenvalue weighted by molar-refractivity contribution is 0.724. The Kier molecular flexibility index (Phi) is 4.05. The van der Waals surface area contributed by atoms with E-state index in [1.165, 1.54) is 5.56 Å². The topological polar surface area (TPSA) is 24.9 Å². The van der Waals surface area contributed by atoms with Crippen LogP contribution in [-0.4, -0.2) is 18.6 Å². The zero-order valence-electron chi connectivity index (χ0n) is 7.18. The van der Waals surface area contributed by atoms with Gasteiger partial charge in [-0.25, -0.2) is 4.98 Å². The fraction of sp³-hybridized carbons (Fsp3) is 0.444. The second-order valence-corrected chi connectivity index (χ2v) is 3.08. The summed E-state index contributed by atoms with van der Waals surface area (Å²) in [5.74, 6) is 0. The summed E-state index contributed by atoms with van der Waals surface area (Å²) in [5.41, 5.74) is 1.25. The van der Waals surface area contributed by atoms with Gasteiger partial charge in [-0.1, -0.05) is 11.6 Å². The number of nitrogens with one attached hydrogen (secondary N) is 1. The van der Waals surface area contributed by atoms with Gasteiger partial charge in [0.25, 0.3) is 0 Å². The first-order chi connectivity index (χ1) is 5.83. The molecular weight excluding hydrogens is 172 g/mol. The Labute approximate surface area is 78.0 Å². The average molecular weight is 185 g/mol. The molecule has 0 unspecified atom stereocenters. The third-order valence-electron chi connectivity index (χ3n) is 1.68. The first-order valence-corrected chi connectivity index (χ1v) is 4.46. The second kappa shape index (κ2) is 5.12. The van der Waals surface area contributed by atoms with Crippen LogP contribution < -0.4 is 5.32 Å². The lowest BCUT2D eigenvalue weighted by Crippen LogP contribution is -2.08. The number of hydrogen-bond donors (Lipinski definition) is 1. The minimum Gasteiger partial charge on any atom is -0.320 e. The Morgan fingerprint density at radius 2 is 2.42 bits per heavy atom. The van der Waals surface area contributed by atoms with Crippen LogP contribution in [0, 0.1) is 0 Å².